The Labute approximate surface area is 93.9 Å². The molecule has 0 unspecified atom stereocenters. The summed E-state index contributed by atoms with van der Waals surface area (Å²) in [7, 11) is 0. The lowest BCUT2D eigenvalue weighted by Crippen LogP contribution is -2.38. The lowest BCUT2D eigenvalue weighted by atomic mass is 10.5. The second-order valence-electron chi connectivity index (χ2n) is 2.52. The lowest BCUT2D eigenvalue weighted by Gasteiger charge is -2.04. The molecule has 0 bridgehead atoms. The number of rotatable bonds is 3. The van der Waals surface area contributed by atoms with Crippen LogP contribution in [-0.2, 0) is 4.79 Å². The molecule has 0 saturated carbocycles. The van der Waals surface area contributed by atoms with E-state index in [9.17, 15) is 9.59 Å². The number of aromatic nitrogens is 1. The number of nitrogens with two attached hydrogens (primary N) is 1. The van der Waals surface area contributed by atoms with Crippen molar-refractivity contribution in [1.82, 2.24) is 10.3 Å². The number of ether oxygens (including phenoxy) is 1. The highest BCUT2D eigenvalue weighted by molar-refractivity contribution is 9.10. The highest BCUT2D eigenvalue weighted by Gasteiger charge is 2.04. The van der Waals surface area contributed by atoms with Crippen LogP contribution in [-0.4, -0.2) is 23.5 Å². The van der Waals surface area contributed by atoms with Gasteiger partial charge in [-0.3, -0.25) is 10.1 Å². The van der Waals surface area contributed by atoms with Crippen molar-refractivity contribution in [1.29, 1.82) is 0 Å². The summed E-state index contributed by atoms with van der Waals surface area (Å²) in [4.78, 5) is 25.1. The average molecular weight is 274 g/mol. The molecule has 0 atom stereocenters. The van der Waals surface area contributed by atoms with Crippen molar-refractivity contribution in [3.8, 4) is 5.75 Å². The van der Waals surface area contributed by atoms with Gasteiger partial charge in [-0.05, 0) is 28.1 Å². The first-order chi connectivity index (χ1) is 7.08. The van der Waals surface area contributed by atoms with Gasteiger partial charge in [0.2, 0.25) is 0 Å². The van der Waals surface area contributed by atoms with Gasteiger partial charge < -0.3 is 10.5 Å². The van der Waals surface area contributed by atoms with Gasteiger partial charge in [0.25, 0.3) is 5.91 Å². The lowest BCUT2D eigenvalue weighted by molar-refractivity contribution is -0.121. The molecule has 0 spiro atoms. The zero-order chi connectivity index (χ0) is 11.3. The fraction of sp³-hybridized carbons (Fsp3) is 0.125. The monoisotopic (exact) mass is 273 g/mol. The minimum Gasteiger partial charge on any atom is -0.482 e. The molecule has 0 aromatic carbocycles. The molecule has 0 saturated heterocycles. The minimum atomic E-state index is -0.905. The maximum Gasteiger partial charge on any atom is 0.318 e. The van der Waals surface area contributed by atoms with E-state index in [2.05, 4.69) is 20.9 Å². The van der Waals surface area contributed by atoms with Gasteiger partial charge in [-0.25, -0.2) is 9.78 Å². The molecule has 0 radical (unpaired) electrons. The number of hydrogen-bond acceptors (Lipinski definition) is 4. The topological polar surface area (TPSA) is 94.3 Å². The third-order valence-corrected chi connectivity index (χ3v) is 1.80. The Morgan fingerprint density at radius 3 is 2.80 bits per heavy atom. The number of pyridine rings is 1. The highest BCUT2D eigenvalue weighted by atomic mass is 79.9. The molecule has 80 valence electrons. The second kappa shape index (κ2) is 5.30. The summed E-state index contributed by atoms with van der Waals surface area (Å²) < 4.78 is 5.68. The smallest absolute Gasteiger partial charge is 0.318 e. The Morgan fingerprint density at radius 1 is 1.53 bits per heavy atom. The number of carbonyl (C=O) groups excluding carboxylic acids is 2. The minimum absolute atomic E-state index is 0.285. The number of nitrogens with one attached hydrogen (secondary N) is 1. The van der Waals surface area contributed by atoms with E-state index in [4.69, 9.17) is 10.5 Å². The van der Waals surface area contributed by atoms with E-state index >= 15 is 0 Å². The largest absolute Gasteiger partial charge is 0.482 e. The molecule has 3 N–H and O–H groups in total. The number of halogens is 1. The van der Waals surface area contributed by atoms with Crippen LogP contribution >= 0.6 is 15.9 Å². The second-order valence-corrected chi connectivity index (χ2v) is 3.33. The summed E-state index contributed by atoms with van der Waals surface area (Å²) >= 11 is 3.15. The molecule has 6 nitrogen and oxygen atoms in total. The van der Waals surface area contributed by atoms with Crippen LogP contribution in [0, 0.1) is 0 Å². The molecule has 1 aromatic heterocycles. The van der Waals surface area contributed by atoms with Crippen molar-refractivity contribution < 1.29 is 14.3 Å². The van der Waals surface area contributed by atoms with Gasteiger partial charge in [0, 0.05) is 0 Å². The summed E-state index contributed by atoms with van der Waals surface area (Å²) in [5.41, 5.74) is 4.74. The Kier molecular flexibility index (Phi) is 4.04. The summed E-state index contributed by atoms with van der Waals surface area (Å²) in [6, 6.07) is 2.40. The molecule has 0 aliphatic carbocycles. The van der Waals surface area contributed by atoms with Gasteiger partial charge >= 0.3 is 6.03 Å². The van der Waals surface area contributed by atoms with Crippen molar-refractivity contribution in [3.63, 3.8) is 0 Å². The Balaban J connectivity index is 2.40. The van der Waals surface area contributed by atoms with Crippen LogP contribution in [0.1, 0.15) is 0 Å². The van der Waals surface area contributed by atoms with Crippen LogP contribution in [0.4, 0.5) is 4.79 Å². The first kappa shape index (κ1) is 11.4. The molecular formula is C8H8BrN3O3. The summed E-state index contributed by atoms with van der Waals surface area (Å²) in [5.74, 6) is -0.178. The Bertz CT molecular complexity index is 366. The predicted molar refractivity (Wildman–Crippen MR) is 55.2 cm³/mol. The maximum absolute atomic E-state index is 10.9. The van der Waals surface area contributed by atoms with Gasteiger partial charge in [0.1, 0.15) is 10.4 Å². The van der Waals surface area contributed by atoms with E-state index in [0.717, 1.165) is 0 Å². The van der Waals surface area contributed by atoms with Crippen LogP contribution in [0.2, 0.25) is 0 Å². The standard InChI is InChI=1S/C8H8BrN3O3/c9-6-2-1-5(3-11-6)15-4-7(13)12-8(10)14/h1-3H,4H2,(H3,10,12,13,14). The number of hydrogen-bond donors (Lipinski definition) is 2. The van der Waals surface area contributed by atoms with E-state index in [1.165, 1.54) is 6.20 Å². The molecule has 0 aliphatic heterocycles. The Hall–Kier alpha value is -1.63. The van der Waals surface area contributed by atoms with Crippen LogP contribution in [0.5, 0.6) is 5.75 Å². The fourth-order valence-corrected chi connectivity index (χ4v) is 1.00. The number of primary amides is 1. The van der Waals surface area contributed by atoms with E-state index in [1.807, 2.05) is 5.32 Å². The van der Waals surface area contributed by atoms with E-state index < -0.39 is 11.9 Å². The zero-order valence-electron chi connectivity index (χ0n) is 7.57. The third-order valence-electron chi connectivity index (χ3n) is 1.33. The van der Waals surface area contributed by atoms with Gasteiger partial charge in [-0.1, -0.05) is 0 Å². The number of imide groups is 1. The highest BCUT2D eigenvalue weighted by Crippen LogP contribution is 2.12. The Morgan fingerprint density at radius 2 is 2.27 bits per heavy atom. The quantitative estimate of drug-likeness (QED) is 0.781. The predicted octanol–water partition coefficient (Wildman–Crippen LogP) is 0.418. The van der Waals surface area contributed by atoms with Crippen molar-refractivity contribution in [2.75, 3.05) is 6.61 Å². The van der Waals surface area contributed by atoms with E-state index in [0.29, 0.717) is 10.4 Å². The molecule has 0 fully saturated rings. The van der Waals surface area contributed by atoms with Gasteiger partial charge in [0.15, 0.2) is 6.61 Å². The number of carbonyl (C=O) groups is 2. The van der Waals surface area contributed by atoms with E-state index in [-0.39, 0.29) is 6.61 Å². The molecule has 0 aliphatic rings. The average Bonchev–Trinajstić information content (AvgIpc) is 2.16. The van der Waals surface area contributed by atoms with Crippen molar-refractivity contribution in [2.24, 2.45) is 5.73 Å². The van der Waals surface area contributed by atoms with Crippen LogP contribution in [0.25, 0.3) is 0 Å². The van der Waals surface area contributed by atoms with Crippen LogP contribution in [0.15, 0.2) is 22.9 Å². The summed E-state index contributed by atoms with van der Waals surface area (Å²) in [5, 5.41) is 1.87. The van der Waals surface area contributed by atoms with Crippen molar-refractivity contribution >= 4 is 27.9 Å². The molecule has 15 heavy (non-hydrogen) atoms. The molecule has 1 heterocycles. The van der Waals surface area contributed by atoms with Crippen molar-refractivity contribution in [2.45, 2.75) is 0 Å². The van der Waals surface area contributed by atoms with Crippen LogP contribution < -0.4 is 15.8 Å². The maximum atomic E-state index is 10.9. The SMILES string of the molecule is NC(=O)NC(=O)COc1ccc(Br)nc1. The first-order valence-corrected chi connectivity index (χ1v) is 4.71. The van der Waals surface area contributed by atoms with E-state index in [1.54, 1.807) is 12.1 Å². The fourth-order valence-electron chi connectivity index (χ4n) is 0.770. The third kappa shape index (κ3) is 4.41. The van der Waals surface area contributed by atoms with Gasteiger partial charge in [-0.2, -0.15) is 0 Å². The molecule has 1 rings (SSSR count). The molecule has 3 amide bonds. The van der Waals surface area contributed by atoms with Gasteiger partial charge in [-0.15, -0.1) is 0 Å². The van der Waals surface area contributed by atoms with Crippen LogP contribution in [0.3, 0.4) is 0 Å². The van der Waals surface area contributed by atoms with Gasteiger partial charge in [0.05, 0.1) is 6.20 Å². The molecular weight excluding hydrogens is 266 g/mol. The normalized spacial score (nSPS) is 9.40. The zero-order valence-corrected chi connectivity index (χ0v) is 9.15. The van der Waals surface area contributed by atoms with Crippen molar-refractivity contribution in [3.05, 3.63) is 22.9 Å². The first-order valence-electron chi connectivity index (χ1n) is 3.91. The molecule has 7 heteroatoms. The number of amides is 3. The number of urea groups is 1. The summed E-state index contributed by atoms with van der Waals surface area (Å²) in [6.45, 7) is -0.285. The molecule has 1 aromatic rings. The summed E-state index contributed by atoms with van der Waals surface area (Å²) in [6.07, 6.45) is 1.45. The number of nitrogens with zero attached hydrogens (tertiary/aromatic N) is 1.